The molecule has 0 bridgehead atoms. The zero-order valence-corrected chi connectivity index (χ0v) is 14.1. The molecule has 2 heterocycles. The van der Waals surface area contributed by atoms with Crippen molar-refractivity contribution in [2.75, 3.05) is 0 Å². The molecule has 6 heteroatoms. The average molecular weight is 380 g/mol. The normalized spacial score (nSPS) is 10.9. The van der Waals surface area contributed by atoms with Gasteiger partial charge in [0.1, 0.15) is 18.0 Å². The van der Waals surface area contributed by atoms with Gasteiger partial charge in [0.15, 0.2) is 0 Å². The van der Waals surface area contributed by atoms with Gasteiger partial charge in [0.2, 0.25) is 0 Å². The first-order valence-electron chi connectivity index (χ1n) is 6.60. The van der Waals surface area contributed by atoms with Crippen LogP contribution in [0.1, 0.15) is 11.3 Å². The molecule has 0 spiro atoms. The van der Waals surface area contributed by atoms with Crippen molar-refractivity contribution in [3.63, 3.8) is 0 Å². The van der Waals surface area contributed by atoms with Crippen LogP contribution >= 0.6 is 27.5 Å². The van der Waals surface area contributed by atoms with E-state index >= 15 is 0 Å². The van der Waals surface area contributed by atoms with Gasteiger partial charge < -0.3 is 4.74 Å². The topological polar surface area (TPSA) is 43.6 Å². The Morgan fingerprint density at radius 1 is 1.32 bits per heavy atom. The lowest BCUT2D eigenvalue weighted by molar-refractivity contribution is 0.301. The molecular weight excluding hydrogens is 368 g/mol. The predicted octanol–water partition coefficient (Wildman–Crippen LogP) is 4.00. The standard InChI is InChI=1S/C16H12BrClN2O2/c1-10-3-2-6-20-15(21)8-12(19-16(10)20)9-22-14-5-4-11(17)7-13(14)18/h2-8H,9H2,1H3. The van der Waals surface area contributed by atoms with Crippen molar-refractivity contribution in [1.29, 1.82) is 0 Å². The second kappa shape index (κ2) is 6.10. The van der Waals surface area contributed by atoms with Crippen LogP contribution in [-0.2, 0) is 6.61 Å². The van der Waals surface area contributed by atoms with Gasteiger partial charge in [0.05, 0.1) is 10.7 Å². The highest BCUT2D eigenvalue weighted by atomic mass is 79.9. The molecule has 3 rings (SSSR count). The number of hydrogen-bond donors (Lipinski definition) is 0. The van der Waals surface area contributed by atoms with E-state index in [1.165, 1.54) is 10.5 Å². The lowest BCUT2D eigenvalue weighted by Gasteiger charge is -2.09. The maximum atomic E-state index is 12.1. The van der Waals surface area contributed by atoms with Crippen LogP contribution in [0, 0.1) is 6.92 Å². The third-order valence-electron chi connectivity index (χ3n) is 3.21. The van der Waals surface area contributed by atoms with Crippen molar-refractivity contribution >= 4 is 33.2 Å². The Labute approximate surface area is 140 Å². The summed E-state index contributed by atoms with van der Waals surface area (Å²) in [4.78, 5) is 16.6. The van der Waals surface area contributed by atoms with Crippen molar-refractivity contribution < 1.29 is 4.74 Å². The van der Waals surface area contributed by atoms with Crippen LogP contribution in [0.25, 0.3) is 5.65 Å². The molecule has 3 aromatic rings. The largest absolute Gasteiger partial charge is 0.486 e. The number of hydrogen-bond acceptors (Lipinski definition) is 3. The molecule has 1 aromatic carbocycles. The molecule has 0 unspecified atom stereocenters. The summed E-state index contributed by atoms with van der Waals surface area (Å²) in [5.41, 5.74) is 2.01. The van der Waals surface area contributed by atoms with Crippen molar-refractivity contribution in [3.8, 4) is 5.75 Å². The summed E-state index contributed by atoms with van der Waals surface area (Å²) in [5.74, 6) is 0.552. The first-order valence-corrected chi connectivity index (χ1v) is 7.77. The van der Waals surface area contributed by atoms with Gasteiger partial charge >= 0.3 is 0 Å². The summed E-state index contributed by atoms with van der Waals surface area (Å²) in [6, 6.07) is 10.6. The number of aryl methyl sites for hydroxylation is 1. The summed E-state index contributed by atoms with van der Waals surface area (Å²) in [6.07, 6.45) is 1.70. The Kier molecular flexibility index (Phi) is 4.18. The van der Waals surface area contributed by atoms with Crippen molar-refractivity contribution in [2.24, 2.45) is 0 Å². The van der Waals surface area contributed by atoms with Crippen LogP contribution in [0.2, 0.25) is 5.02 Å². The molecule has 0 saturated carbocycles. The molecular formula is C16H12BrClN2O2. The summed E-state index contributed by atoms with van der Waals surface area (Å²) >= 11 is 9.45. The quantitative estimate of drug-likeness (QED) is 0.691. The number of halogens is 2. The molecule has 2 aromatic heterocycles. The molecule has 112 valence electrons. The minimum Gasteiger partial charge on any atom is -0.486 e. The minimum atomic E-state index is -0.130. The fraction of sp³-hybridized carbons (Fsp3) is 0.125. The number of rotatable bonds is 3. The van der Waals surface area contributed by atoms with Gasteiger partial charge in [-0.25, -0.2) is 4.98 Å². The minimum absolute atomic E-state index is 0.130. The molecule has 0 radical (unpaired) electrons. The molecule has 0 fully saturated rings. The van der Waals surface area contributed by atoms with Gasteiger partial charge in [0.25, 0.3) is 5.56 Å². The van der Waals surface area contributed by atoms with Crippen LogP contribution in [-0.4, -0.2) is 9.38 Å². The number of ether oxygens (including phenoxy) is 1. The summed E-state index contributed by atoms with van der Waals surface area (Å²) in [7, 11) is 0. The van der Waals surface area contributed by atoms with Crippen LogP contribution in [0.5, 0.6) is 5.75 Å². The van der Waals surface area contributed by atoms with E-state index in [0.717, 1.165) is 10.0 Å². The Morgan fingerprint density at radius 3 is 2.91 bits per heavy atom. The van der Waals surface area contributed by atoms with Gasteiger partial charge in [-0.05, 0) is 36.8 Å². The van der Waals surface area contributed by atoms with E-state index in [1.807, 2.05) is 25.1 Å². The molecule has 0 saturated heterocycles. The SMILES string of the molecule is Cc1cccn2c(=O)cc(COc3ccc(Br)cc3Cl)nc12. The van der Waals surface area contributed by atoms with Crippen LogP contribution < -0.4 is 10.3 Å². The number of fused-ring (bicyclic) bond motifs is 1. The Balaban J connectivity index is 1.91. The maximum absolute atomic E-state index is 12.1. The highest BCUT2D eigenvalue weighted by Gasteiger charge is 2.07. The Bertz CT molecular complexity index is 908. The molecule has 22 heavy (non-hydrogen) atoms. The number of benzene rings is 1. The predicted molar refractivity (Wildman–Crippen MR) is 89.7 cm³/mol. The maximum Gasteiger partial charge on any atom is 0.258 e. The smallest absolute Gasteiger partial charge is 0.258 e. The summed E-state index contributed by atoms with van der Waals surface area (Å²) in [5, 5.41) is 0.503. The Hall–Kier alpha value is -1.85. The molecule has 0 N–H and O–H groups in total. The zero-order valence-electron chi connectivity index (χ0n) is 11.7. The van der Waals surface area contributed by atoms with E-state index in [4.69, 9.17) is 16.3 Å². The number of aromatic nitrogens is 2. The van der Waals surface area contributed by atoms with Gasteiger partial charge in [-0.1, -0.05) is 33.6 Å². The van der Waals surface area contributed by atoms with Crippen LogP contribution in [0.3, 0.4) is 0 Å². The van der Waals surface area contributed by atoms with E-state index in [9.17, 15) is 4.79 Å². The van der Waals surface area contributed by atoms with Crippen LogP contribution in [0.15, 0.2) is 51.9 Å². The lowest BCUT2D eigenvalue weighted by atomic mass is 10.3. The summed E-state index contributed by atoms with van der Waals surface area (Å²) < 4.78 is 8.05. The third kappa shape index (κ3) is 3.00. The fourth-order valence-electron chi connectivity index (χ4n) is 2.13. The van der Waals surface area contributed by atoms with Crippen molar-refractivity contribution in [2.45, 2.75) is 13.5 Å². The highest BCUT2D eigenvalue weighted by Crippen LogP contribution is 2.28. The lowest BCUT2D eigenvalue weighted by Crippen LogP contribution is -2.17. The molecule has 0 aliphatic heterocycles. The van der Waals surface area contributed by atoms with Crippen molar-refractivity contribution in [3.05, 3.63) is 73.7 Å². The molecule has 0 aliphatic rings. The van der Waals surface area contributed by atoms with Crippen LogP contribution in [0.4, 0.5) is 0 Å². The molecule has 0 aliphatic carbocycles. The summed E-state index contributed by atoms with van der Waals surface area (Å²) in [6.45, 7) is 2.10. The monoisotopic (exact) mass is 378 g/mol. The third-order valence-corrected chi connectivity index (χ3v) is 4.00. The Morgan fingerprint density at radius 2 is 2.14 bits per heavy atom. The van der Waals surface area contributed by atoms with Gasteiger partial charge in [-0.15, -0.1) is 0 Å². The van der Waals surface area contributed by atoms with Gasteiger partial charge in [0, 0.05) is 16.7 Å². The van der Waals surface area contributed by atoms with E-state index in [1.54, 1.807) is 18.3 Å². The first kappa shape index (κ1) is 15.1. The van der Waals surface area contributed by atoms with E-state index in [-0.39, 0.29) is 12.2 Å². The molecule has 0 amide bonds. The van der Waals surface area contributed by atoms with E-state index in [0.29, 0.717) is 22.1 Å². The van der Waals surface area contributed by atoms with Gasteiger partial charge in [-0.2, -0.15) is 0 Å². The highest BCUT2D eigenvalue weighted by molar-refractivity contribution is 9.10. The van der Waals surface area contributed by atoms with E-state index in [2.05, 4.69) is 20.9 Å². The number of pyridine rings is 1. The number of nitrogens with zero attached hydrogens (tertiary/aromatic N) is 2. The first-order chi connectivity index (χ1) is 10.5. The van der Waals surface area contributed by atoms with Crippen molar-refractivity contribution in [1.82, 2.24) is 9.38 Å². The van der Waals surface area contributed by atoms with E-state index < -0.39 is 0 Å². The fourth-order valence-corrected chi connectivity index (χ4v) is 2.85. The second-order valence-electron chi connectivity index (χ2n) is 4.83. The molecule has 4 nitrogen and oxygen atoms in total. The zero-order chi connectivity index (χ0) is 15.7. The second-order valence-corrected chi connectivity index (χ2v) is 6.16. The molecule has 0 atom stereocenters. The average Bonchev–Trinajstić information content (AvgIpc) is 2.47. The van der Waals surface area contributed by atoms with Gasteiger partial charge in [-0.3, -0.25) is 9.20 Å².